The topological polar surface area (TPSA) is 89.1 Å². The van der Waals surface area contributed by atoms with Crippen LogP contribution in [0.4, 0.5) is 0 Å². The molecule has 8 nitrogen and oxygen atoms in total. The molecule has 2 aromatic rings. The molecule has 1 aliphatic rings. The molecule has 0 bridgehead atoms. The van der Waals surface area contributed by atoms with Gasteiger partial charge in [-0.15, -0.1) is 5.10 Å². The fourth-order valence-corrected chi connectivity index (χ4v) is 3.40. The van der Waals surface area contributed by atoms with Crippen LogP contribution in [-0.2, 0) is 12.6 Å². The Hall–Kier alpha value is -2.22. The average molecular weight is 346 g/mol. The van der Waals surface area contributed by atoms with Crippen LogP contribution in [0, 0.1) is 13.8 Å². The zero-order chi connectivity index (χ0) is 18.4. The van der Waals surface area contributed by atoms with Crippen LogP contribution in [0.25, 0.3) is 0 Å². The maximum atomic E-state index is 13.0. The van der Waals surface area contributed by atoms with Gasteiger partial charge in [0.1, 0.15) is 11.3 Å². The summed E-state index contributed by atoms with van der Waals surface area (Å²) < 4.78 is 3.44. The summed E-state index contributed by atoms with van der Waals surface area (Å²) in [4.78, 5) is 14.7. The van der Waals surface area contributed by atoms with Crippen molar-refractivity contribution in [2.75, 3.05) is 13.1 Å². The van der Waals surface area contributed by atoms with E-state index < -0.39 is 5.60 Å². The molecule has 0 aliphatic carbocycles. The quantitative estimate of drug-likeness (QED) is 0.906. The van der Waals surface area contributed by atoms with Crippen molar-refractivity contribution in [3.8, 4) is 0 Å². The zero-order valence-electron chi connectivity index (χ0n) is 15.5. The molecule has 1 aliphatic heterocycles. The first-order valence-corrected chi connectivity index (χ1v) is 8.67. The van der Waals surface area contributed by atoms with E-state index in [2.05, 4.69) is 15.4 Å². The minimum atomic E-state index is -1.16. The predicted octanol–water partition coefficient (Wildman–Crippen LogP) is 1.33. The minimum Gasteiger partial charge on any atom is -0.382 e. The normalized spacial score (nSPS) is 21.2. The summed E-state index contributed by atoms with van der Waals surface area (Å²) in [6, 6.07) is 0.173. The van der Waals surface area contributed by atoms with Crippen LogP contribution in [0.1, 0.15) is 60.2 Å². The molecule has 1 N–H and O–H groups in total. The number of likely N-dealkylation sites (tertiary alicyclic amines) is 1. The van der Waals surface area contributed by atoms with Gasteiger partial charge in [0, 0.05) is 25.3 Å². The third-order valence-electron chi connectivity index (χ3n) is 5.00. The Kier molecular flexibility index (Phi) is 4.40. The number of rotatable bonds is 3. The van der Waals surface area contributed by atoms with E-state index in [9.17, 15) is 9.90 Å². The Morgan fingerprint density at radius 2 is 2.08 bits per heavy atom. The number of carbonyl (C=O) groups is 1. The van der Waals surface area contributed by atoms with Crippen LogP contribution in [0.3, 0.4) is 0 Å². The third-order valence-corrected chi connectivity index (χ3v) is 5.00. The second-order valence-electron chi connectivity index (χ2n) is 7.21. The second-order valence-corrected chi connectivity index (χ2v) is 7.21. The molecule has 136 valence electrons. The first kappa shape index (κ1) is 17.6. The molecule has 3 rings (SSSR count). The van der Waals surface area contributed by atoms with Crippen LogP contribution < -0.4 is 0 Å². The van der Waals surface area contributed by atoms with Crippen molar-refractivity contribution in [3.63, 3.8) is 0 Å². The Labute approximate surface area is 147 Å². The molecule has 25 heavy (non-hydrogen) atoms. The lowest BCUT2D eigenvalue weighted by atomic mass is 9.89. The number of amides is 1. The maximum absolute atomic E-state index is 13.0. The number of nitrogens with zero attached hydrogens (tertiary/aromatic N) is 6. The first-order valence-electron chi connectivity index (χ1n) is 8.67. The Morgan fingerprint density at radius 3 is 2.64 bits per heavy atom. The van der Waals surface area contributed by atoms with E-state index in [1.165, 1.54) is 0 Å². The van der Waals surface area contributed by atoms with Gasteiger partial charge in [-0.25, -0.2) is 4.68 Å². The van der Waals surface area contributed by atoms with Gasteiger partial charge < -0.3 is 10.0 Å². The van der Waals surface area contributed by atoms with Gasteiger partial charge in [-0.2, -0.15) is 5.10 Å². The minimum absolute atomic E-state index is 0.0857. The van der Waals surface area contributed by atoms with Gasteiger partial charge in [0.15, 0.2) is 0 Å². The number of aliphatic hydroxyl groups is 1. The summed E-state index contributed by atoms with van der Waals surface area (Å²) in [6.45, 7) is 8.58. The van der Waals surface area contributed by atoms with Crippen molar-refractivity contribution >= 4 is 5.91 Å². The largest absolute Gasteiger partial charge is 0.382 e. The Bertz CT molecular complexity index is 793. The van der Waals surface area contributed by atoms with Gasteiger partial charge in [-0.05, 0) is 40.5 Å². The molecule has 0 unspecified atom stereocenters. The van der Waals surface area contributed by atoms with Gasteiger partial charge >= 0.3 is 0 Å². The SMILES string of the molecule is Cc1nn(C)c(C)c1C(=O)N1CCC[C@@](O)(c2cn(C(C)C)nn2)C1. The molecule has 1 saturated heterocycles. The summed E-state index contributed by atoms with van der Waals surface area (Å²) >= 11 is 0. The van der Waals surface area contributed by atoms with Crippen molar-refractivity contribution < 1.29 is 9.90 Å². The lowest BCUT2D eigenvalue weighted by molar-refractivity contribution is -0.0321. The molecule has 0 saturated carbocycles. The highest BCUT2D eigenvalue weighted by Gasteiger charge is 2.40. The number of carbonyl (C=O) groups excluding carboxylic acids is 1. The molecule has 2 aromatic heterocycles. The van der Waals surface area contributed by atoms with Crippen molar-refractivity contribution in [2.24, 2.45) is 7.05 Å². The number of hydrogen-bond donors (Lipinski definition) is 1. The van der Waals surface area contributed by atoms with Crippen LogP contribution in [0.2, 0.25) is 0 Å². The van der Waals surface area contributed by atoms with Gasteiger partial charge in [0.25, 0.3) is 5.91 Å². The summed E-state index contributed by atoms with van der Waals surface area (Å²) in [5, 5.41) is 23.7. The molecule has 1 amide bonds. The monoisotopic (exact) mass is 346 g/mol. The molecule has 0 radical (unpaired) electrons. The molecule has 0 spiro atoms. The highest BCUT2D eigenvalue weighted by Crippen LogP contribution is 2.31. The predicted molar refractivity (Wildman–Crippen MR) is 92.1 cm³/mol. The van der Waals surface area contributed by atoms with E-state index in [1.807, 2.05) is 34.7 Å². The number of aryl methyl sites for hydroxylation is 2. The van der Waals surface area contributed by atoms with Gasteiger partial charge in [0.05, 0.1) is 24.0 Å². The number of piperidine rings is 1. The number of hydrogen-bond acceptors (Lipinski definition) is 5. The average Bonchev–Trinajstić information content (AvgIpc) is 3.14. The highest BCUT2D eigenvalue weighted by atomic mass is 16.3. The fourth-order valence-electron chi connectivity index (χ4n) is 3.40. The summed E-state index contributed by atoms with van der Waals surface area (Å²) in [5.41, 5.74) is 1.54. The molecule has 1 atom stereocenters. The van der Waals surface area contributed by atoms with Crippen molar-refractivity contribution in [2.45, 2.75) is 52.2 Å². The van der Waals surface area contributed by atoms with Crippen LogP contribution >= 0.6 is 0 Å². The van der Waals surface area contributed by atoms with Crippen molar-refractivity contribution in [1.82, 2.24) is 29.7 Å². The number of aromatic nitrogens is 5. The van der Waals surface area contributed by atoms with Gasteiger partial charge in [-0.1, -0.05) is 5.21 Å². The lowest BCUT2D eigenvalue weighted by Gasteiger charge is -2.38. The van der Waals surface area contributed by atoms with E-state index in [-0.39, 0.29) is 18.5 Å². The summed E-state index contributed by atoms with van der Waals surface area (Å²) in [7, 11) is 1.83. The Balaban J connectivity index is 1.86. The van der Waals surface area contributed by atoms with E-state index in [0.717, 1.165) is 12.1 Å². The molecular weight excluding hydrogens is 320 g/mol. The lowest BCUT2D eigenvalue weighted by Crippen LogP contribution is -2.49. The molecule has 0 aromatic carbocycles. The van der Waals surface area contributed by atoms with Crippen molar-refractivity contribution in [3.05, 3.63) is 28.8 Å². The maximum Gasteiger partial charge on any atom is 0.257 e. The van der Waals surface area contributed by atoms with Crippen molar-refractivity contribution in [1.29, 1.82) is 0 Å². The highest BCUT2D eigenvalue weighted by molar-refractivity contribution is 5.96. The molecular formula is C17H26N6O2. The van der Waals surface area contributed by atoms with Crippen LogP contribution in [0.15, 0.2) is 6.20 Å². The second kappa shape index (κ2) is 6.25. The van der Waals surface area contributed by atoms with Gasteiger partial charge in [-0.3, -0.25) is 9.48 Å². The number of β-amino-alcohol motifs (C(OH)–C–C–N with tert-alkyl or cyclic N) is 1. The molecule has 8 heteroatoms. The third kappa shape index (κ3) is 3.06. The van der Waals surface area contributed by atoms with E-state index in [0.29, 0.717) is 29.9 Å². The fraction of sp³-hybridized carbons (Fsp3) is 0.647. The summed E-state index contributed by atoms with van der Waals surface area (Å²) in [5.74, 6) is -0.0857. The van der Waals surface area contributed by atoms with E-state index in [1.54, 1.807) is 20.5 Å². The smallest absolute Gasteiger partial charge is 0.257 e. The van der Waals surface area contributed by atoms with Crippen LogP contribution in [0.5, 0.6) is 0 Å². The standard InChI is InChI=1S/C17H26N6O2/c1-11(2)23-9-14(18-20-23)17(25)7-6-8-22(10-17)16(24)15-12(3)19-21(5)13(15)4/h9,11,25H,6-8,10H2,1-5H3/t17-/m0/s1. The molecule has 1 fully saturated rings. The summed E-state index contributed by atoms with van der Waals surface area (Å²) in [6.07, 6.45) is 3.06. The zero-order valence-corrected chi connectivity index (χ0v) is 15.5. The first-order chi connectivity index (χ1) is 11.7. The van der Waals surface area contributed by atoms with E-state index >= 15 is 0 Å². The van der Waals surface area contributed by atoms with Crippen LogP contribution in [-0.4, -0.2) is 53.8 Å². The van der Waals surface area contributed by atoms with Gasteiger partial charge in [0.2, 0.25) is 0 Å². The Morgan fingerprint density at radius 1 is 1.36 bits per heavy atom. The van der Waals surface area contributed by atoms with E-state index in [4.69, 9.17) is 0 Å². The molecule has 3 heterocycles.